The molecular weight excluding hydrogens is 278 g/mol. The molecule has 1 N–H and O–H groups in total. The fraction of sp³-hybridized carbons (Fsp3) is 0.438. The molecule has 6 heteroatoms. The second-order valence-corrected chi connectivity index (χ2v) is 5.34. The molecule has 2 aromatic heterocycles. The van der Waals surface area contributed by atoms with E-state index in [4.69, 9.17) is 10.00 Å². The predicted molar refractivity (Wildman–Crippen MR) is 82.1 cm³/mol. The molecule has 22 heavy (non-hydrogen) atoms. The van der Waals surface area contributed by atoms with Gasteiger partial charge in [-0.25, -0.2) is 9.97 Å². The third-order valence-corrected chi connectivity index (χ3v) is 4.00. The third kappa shape index (κ3) is 2.95. The van der Waals surface area contributed by atoms with Crippen molar-refractivity contribution in [2.75, 3.05) is 18.5 Å². The molecule has 2 atom stereocenters. The van der Waals surface area contributed by atoms with Gasteiger partial charge >= 0.3 is 0 Å². The second kappa shape index (κ2) is 6.58. The second-order valence-electron chi connectivity index (χ2n) is 5.34. The summed E-state index contributed by atoms with van der Waals surface area (Å²) in [5, 5.41) is 12.1. The largest absolute Gasteiger partial charge is 0.370 e. The van der Waals surface area contributed by atoms with Crippen LogP contribution in [0.15, 0.2) is 30.7 Å². The van der Waals surface area contributed by atoms with Crippen LogP contribution >= 0.6 is 0 Å². The van der Waals surface area contributed by atoms with Crippen molar-refractivity contribution in [3.8, 4) is 6.07 Å². The van der Waals surface area contributed by atoms with Crippen LogP contribution in [-0.4, -0.2) is 27.7 Å². The minimum atomic E-state index is 0.0285. The van der Waals surface area contributed by atoms with Crippen LogP contribution in [0.25, 0.3) is 0 Å². The number of rotatable bonds is 5. The highest BCUT2D eigenvalue weighted by Crippen LogP contribution is 2.33. The molecule has 1 aliphatic rings. The Balaban J connectivity index is 1.65. The topological polar surface area (TPSA) is 75.8 Å². The summed E-state index contributed by atoms with van der Waals surface area (Å²) in [7, 11) is 0. The first-order valence-electron chi connectivity index (χ1n) is 7.54. The Hall–Kier alpha value is -2.39. The van der Waals surface area contributed by atoms with Crippen LogP contribution in [0.5, 0.6) is 0 Å². The van der Waals surface area contributed by atoms with E-state index in [1.165, 1.54) is 0 Å². The summed E-state index contributed by atoms with van der Waals surface area (Å²) >= 11 is 0. The Morgan fingerprint density at radius 3 is 3.09 bits per heavy atom. The van der Waals surface area contributed by atoms with Gasteiger partial charge in [0.05, 0.1) is 5.56 Å². The number of nitriles is 1. The van der Waals surface area contributed by atoms with E-state index in [0.717, 1.165) is 37.8 Å². The monoisotopic (exact) mass is 297 g/mol. The highest BCUT2D eigenvalue weighted by atomic mass is 16.5. The summed E-state index contributed by atoms with van der Waals surface area (Å²) in [6.07, 6.45) is 6.43. The molecule has 3 heterocycles. The van der Waals surface area contributed by atoms with Crippen molar-refractivity contribution in [1.82, 2.24) is 14.5 Å². The molecule has 1 aliphatic heterocycles. The van der Waals surface area contributed by atoms with E-state index in [2.05, 4.69) is 32.8 Å². The summed E-state index contributed by atoms with van der Waals surface area (Å²) < 4.78 is 8.02. The molecule has 0 aliphatic carbocycles. The first-order valence-corrected chi connectivity index (χ1v) is 7.54. The van der Waals surface area contributed by atoms with Gasteiger partial charge in [-0.2, -0.15) is 5.26 Å². The highest BCUT2D eigenvalue weighted by molar-refractivity contribution is 5.39. The molecule has 0 spiro atoms. The van der Waals surface area contributed by atoms with Gasteiger partial charge in [0.1, 0.15) is 23.8 Å². The van der Waals surface area contributed by atoms with Crippen molar-refractivity contribution in [1.29, 1.82) is 5.26 Å². The summed E-state index contributed by atoms with van der Waals surface area (Å²) in [5.41, 5.74) is 0.567. The third-order valence-electron chi connectivity index (χ3n) is 4.00. The van der Waals surface area contributed by atoms with Crippen molar-refractivity contribution in [3.63, 3.8) is 0 Å². The minimum Gasteiger partial charge on any atom is -0.370 e. The minimum absolute atomic E-state index is 0.0285. The zero-order chi connectivity index (χ0) is 15.4. The molecule has 114 valence electrons. The number of aromatic nitrogens is 3. The molecule has 1 fully saturated rings. The van der Waals surface area contributed by atoms with Crippen LogP contribution in [-0.2, 0) is 11.3 Å². The van der Waals surface area contributed by atoms with E-state index < -0.39 is 0 Å². The van der Waals surface area contributed by atoms with Crippen molar-refractivity contribution >= 4 is 5.82 Å². The van der Waals surface area contributed by atoms with Crippen LogP contribution in [0.2, 0.25) is 0 Å². The number of ether oxygens (including phenoxy) is 1. The average Bonchev–Trinajstić information content (AvgIpc) is 3.21. The molecule has 0 radical (unpaired) electrons. The quantitative estimate of drug-likeness (QED) is 0.917. The predicted octanol–water partition coefficient (Wildman–Crippen LogP) is 2.36. The number of anilines is 1. The van der Waals surface area contributed by atoms with Gasteiger partial charge < -0.3 is 14.6 Å². The van der Waals surface area contributed by atoms with Gasteiger partial charge in [-0.1, -0.05) is 0 Å². The molecule has 2 aromatic rings. The van der Waals surface area contributed by atoms with Crippen molar-refractivity contribution < 1.29 is 4.74 Å². The fourth-order valence-corrected chi connectivity index (χ4v) is 2.77. The normalized spacial score (nSPS) is 20.7. The van der Waals surface area contributed by atoms with E-state index in [0.29, 0.717) is 11.5 Å². The summed E-state index contributed by atoms with van der Waals surface area (Å²) in [6, 6.07) is 5.66. The van der Waals surface area contributed by atoms with E-state index >= 15 is 0 Å². The van der Waals surface area contributed by atoms with Gasteiger partial charge in [0, 0.05) is 44.2 Å². The Labute approximate surface area is 129 Å². The zero-order valence-corrected chi connectivity index (χ0v) is 12.6. The molecule has 0 saturated carbocycles. The maximum atomic E-state index is 8.78. The zero-order valence-electron chi connectivity index (χ0n) is 12.6. The van der Waals surface area contributed by atoms with Crippen LogP contribution in [0.4, 0.5) is 5.82 Å². The summed E-state index contributed by atoms with van der Waals surface area (Å²) in [4.78, 5) is 8.69. The Kier molecular flexibility index (Phi) is 4.35. The Morgan fingerprint density at radius 2 is 2.36 bits per heavy atom. The Bertz CT molecular complexity index is 658. The number of nitrogens with zero attached hydrogens (tertiary/aromatic N) is 4. The van der Waals surface area contributed by atoms with Crippen LogP contribution < -0.4 is 5.32 Å². The van der Waals surface area contributed by atoms with Crippen molar-refractivity contribution in [2.24, 2.45) is 5.92 Å². The van der Waals surface area contributed by atoms with E-state index in [-0.39, 0.29) is 6.10 Å². The molecule has 0 aromatic carbocycles. The maximum Gasteiger partial charge on any atom is 0.138 e. The summed E-state index contributed by atoms with van der Waals surface area (Å²) in [6.45, 7) is 4.54. The molecule has 6 nitrogen and oxygen atoms in total. The average molecular weight is 297 g/mol. The van der Waals surface area contributed by atoms with Crippen molar-refractivity contribution in [2.45, 2.75) is 26.0 Å². The van der Waals surface area contributed by atoms with E-state index in [1.54, 1.807) is 12.3 Å². The standard InChI is InChI=1S/C16H19N5O/c1-2-21-7-6-18-16(21)15-13(5-8-22-15)11-20-14-4-3-12(9-17)10-19-14/h3-4,6-7,10,13,15H,2,5,8,11H2,1H3,(H,19,20)/t13-,15+/m0/s1. The van der Waals surface area contributed by atoms with Gasteiger partial charge in [-0.05, 0) is 25.5 Å². The number of pyridine rings is 1. The first kappa shape index (κ1) is 14.5. The molecule has 1 saturated heterocycles. The van der Waals surface area contributed by atoms with Crippen LogP contribution in [0.3, 0.4) is 0 Å². The number of hydrogen-bond donors (Lipinski definition) is 1. The summed E-state index contributed by atoms with van der Waals surface area (Å²) in [5.74, 6) is 2.15. The van der Waals surface area contributed by atoms with Gasteiger partial charge in [0.2, 0.25) is 0 Å². The number of nitrogens with one attached hydrogen (secondary N) is 1. The number of hydrogen-bond acceptors (Lipinski definition) is 5. The highest BCUT2D eigenvalue weighted by Gasteiger charge is 2.32. The lowest BCUT2D eigenvalue weighted by Crippen LogP contribution is -2.21. The molecule has 3 rings (SSSR count). The first-order chi connectivity index (χ1) is 10.8. The van der Waals surface area contributed by atoms with Gasteiger partial charge in [-0.3, -0.25) is 0 Å². The smallest absolute Gasteiger partial charge is 0.138 e. The number of aryl methyl sites for hydroxylation is 1. The lowest BCUT2D eigenvalue weighted by atomic mass is 10.0. The SMILES string of the molecule is CCn1ccnc1[C@@H]1OCC[C@H]1CNc1ccc(C#N)cn1. The fourth-order valence-electron chi connectivity index (χ4n) is 2.77. The lowest BCUT2D eigenvalue weighted by molar-refractivity contribution is 0.0832. The van der Waals surface area contributed by atoms with Crippen molar-refractivity contribution in [3.05, 3.63) is 42.1 Å². The molecule has 0 amide bonds. The number of imidazole rings is 1. The van der Waals surface area contributed by atoms with Gasteiger partial charge in [-0.15, -0.1) is 0 Å². The van der Waals surface area contributed by atoms with E-state index in [1.807, 2.05) is 18.5 Å². The maximum absolute atomic E-state index is 8.78. The van der Waals surface area contributed by atoms with Crippen LogP contribution in [0.1, 0.15) is 30.8 Å². The van der Waals surface area contributed by atoms with E-state index in [9.17, 15) is 0 Å². The lowest BCUT2D eigenvalue weighted by Gasteiger charge is -2.19. The van der Waals surface area contributed by atoms with Crippen LogP contribution in [0, 0.1) is 17.2 Å². The Morgan fingerprint density at radius 1 is 1.45 bits per heavy atom. The molecule has 0 unspecified atom stereocenters. The molecule has 0 bridgehead atoms. The molecular formula is C16H19N5O. The van der Waals surface area contributed by atoms with Gasteiger partial charge in [0.25, 0.3) is 0 Å². The van der Waals surface area contributed by atoms with Gasteiger partial charge in [0.15, 0.2) is 0 Å².